The van der Waals surface area contributed by atoms with E-state index in [-0.39, 0.29) is 0 Å². The van der Waals surface area contributed by atoms with E-state index in [2.05, 4.69) is 23.6 Å². The number of nitrogens with zero attached hydrogens (tertiary/aromatic N) is 1. The highest BCUT2D eigenvalue weighted by atomic mass is 35.5. The molecule has 0 bridgehead atoms. The number of rotatable bonds is 2. The molecule has 0 saturated carbocycles. The number of thioether (sulfide) groups is 1. The molecule has 0 amide bonds. The van der Waals surface area contributed by atoms with Gasteiger partial charge in [-0.1, -0.05) is 6.92 Å². The first kappa shape index (κ1) is 11.1. The van der Waals surface area contributed by atoms with Gasteiger partial charge in [-0.3, -0.25) is 4.90 Å². The molecule has 0 spiro atoms. The lowest BCUT2D eigenvalue weighted by atomic mass is 9.90. The molecule has 3 atom stereocenters. The zero-order valence-electron chi connectivity index (χ0n) is 8.92. The van der Waals surface area contributed by atoms with Gasteiger partial charge in [-0.15, -0.1) is 11.6 Å². The molecule has 0 aliphatic carbocycles. The third-order valence-electron chi connectivity index (χ3n) is 3.41. The predicted molar refractivity (Wildman–Crippen MR) is 65.3 cm³/mol. The van der Waals surface area contributed by atoms with Gasteiger partial charge in [0, 0.05) is 30.8 Å². The predicted octanol–water partition coefficient (Wildman–Crippen LogP) is 2.69. The molecule has 0 N–H and O–H groups in total. The summed E-state index contributed by atoms with van der Waals surface area (Å²) in [6.45, 7) is 4.92. The maximum Gasteiger partial charge on any atom is 0.0264 e. The summed E-state index contributed by atoms with van der Waals surface area (Å²) in [5, 5.41) is 0. The minimum Gasteiger partial charge on any atom is -0.299 e. The maximum absolute atomic E-state index is 5.99. The number of hydrogen-bond donors (Lipinski definition) is 0. The van der Waals surface area contributed by atoms with Crippen LogP contribution in [0.5, 0.6) is 0 Å². The van der Waals surface area contributed by atoms with Crippen LogP contribution < -0.4 is 0 Å². The number of halogens is 1. The molecule has 0 aromatic rings. The molecule has 2 fully saturated rings. The van der Waals surface area contributed by atoms with E-state index in [0.717, 1.165) is 23.8 Å². The van der Waals surface area contributed by atoms with Crippen LogP contribution in [0.1, 0.15) is 19.8 Å². The Morgan fingerprint density at radius 2 is 2.29 bits per heavy atom. The smallest absolute Gasteiger partial charge is 0.0264 e. The van der Waals surface area contributed by atoms with Gasteiger partial charge >= 0.3 is 0 Å². The van der Waals surface area contributed by atoms with Crippen molar-refractivity contribution < 1.29 is 0 Å². The van der Waals surface area contributed by atoms with Crippen molar-refractivity contribution in [3.8, 4) is 0 Å². The summed E-state index contributed by atoms with van der Waals surface area (Å²) in [6.07, 6.45) is 2.73. The summed E-state index contributed by atoms with van der Waals surface area (Å²) >= 11 is 8.10. The average Bonchev–Trinajstić information content (AvgIpc) is 2.69. The van der Waals surface area contributed by atoms with Crippen LogP contribution in [-0.2, 0) is 0 Å². The van der Waals surface area contributed by atoms with Crippen molar-refractivity contribution >= 4 is 23.4 Å². The SMILES string of the molecule is CC1CC(CCl)CN(C2CCSC2)C1. The topological polar surface area (TPSA) is 3.24 Å². The molecule has 0 aromatic heterocycles. The van der Waals surface area contributed by atoms with Gasteiger partial charge in [0.2, 0.25) is 0 Å². The van der Waals surface area contributed by atoms with Crippen LogP contribution in [0.3, 0.4) is 0 Å². The first-order valence-corrected chi connectivity index (χ1v) is 7.36. The first-order chi connectivity index (χ1) is 6.79. The second-order valence-corrected chi connectivity index (χ2v) is 6.29. The van der Waals surface area contributed by atoms with E-state index in [4.69, 9.17) is 11.6 Å². The van der Waals surface area contributed by atoms with Gasteiger partial charge in [-0.05, 0) is 30.4 Å². The van der Waals surface area contributed by atoms with E-state index in [1.54, 1.807) is 0 Å². The lowest BCUT2D eigenvalue weighted by Gasteiger charge is -2.39. The number of hydrogen-bond acceptors (Lipinski definition) is 2. The second kappa shape index (κ2) is 5.09. The normalized spacial score (nSPS) is 40.3. The van der Waals surface area contributed by atoms with E-state index < -0.39 is 0 Å². The molecular weight excluding hydrogens is 214 g/mol. The summed E-state index contributed by atoms with van der Waals surface area (Å²) in [4.78, 5) is 2.70. The summed E-state index contributed by atoms with van der Waals surface area (Å²) < 4.78 is 0. The Morgan fingerprint density at radius 1 is 1.43 bits per heavy atom. The van der Waals surface area contributed by atoms with E-state index >= 15 is 0 Å². The molecule has 2 heterocycles. The first-order valence-electron chi connectivity index (χ1n) is 5.67. The van der Waals surface area contributed by atoms with Crippen LogP contribution in [0, 0.1) is 11.8 Å². The Bertz CT molecular complexity index is 182. The minimum absolute atomic E-state index is 0.742. The van der Waals surface area contributed by atoms with Crippen molar-refractivity contribution in [2.24, 2.45) is 11.8 Å². The highest BCUT2D eigenvalue weighted by molar-refractivity contribution is 7.99. The molecule has 0 aromatic carbocycles. The fraction of sp³-hybridized carbons (Fsp3) is 1.00. The highest BCUT2D eigenvalue weighted by Gasteiger charge is 2.30. The molecule has 2 aliphatic heterocycles. The van der Waals surface area contributed by atoms with Crippen LogP contribution in [0.15, 0.2) is 0 Å². The summed E-state index contributed by atoms with van der Waals surface area (Å²) in [6, 6.07) is 0.855. The molecule has 3 unspecified atom stereocenters. The molecule has 0 radical (unpaired) electrons. The molecule has 2 rings (SSSR count). The number of piperidine rings is 1. The van der Waals surface area contributed by atoms with E-state index in [1.165, 1.54) is 37.4 Å². The van der Waals surface area contributed by atoms with E-state index in [1.807, 2.05) is 0 Å². The minimum atomic E-state index is 0.742. The lowest BCUT2D eigenvalue weighted by Crippen LogP contribution is -2.46. The van der Waals surface area contributed by atoms with Crippen molar-refractivity contribution in [2.75, 3.05) is 30.5 Å². The van der Waals surface area contributed by atoms with Crippen LogP contribution in [-0.4, -0.2) is 41.4 Å². The van der Waals surface area contributed by atoms with Crippen molar-refractivity contribution in [3.05, 3.63) is 0 Å². The van der Waals surface area contributed by atoms with Gasteiger partial charge < -0.3 is 0 Å². The number of likely N-dealkylation sites (tertiary alicyclic amines) is 1. The van der Waals surface area contributed by atoms with Crippen molar-refractivity contribution in [3.63, 3.8) is 0 Å². The standard InChI is InChI=1S/C11H20ClNS/c1-9-4-10(5-12)7-13(6-9)11-2-3-14-8-11/h9-11H,2-8H2,1H3. The third-order valence-corrected chi connectivity index (χ3v) is 5.00. The third kappa shape index (κ3) is 2.59. The van der Waals surface area contributed by atoms with Gasteiger partial charge in [-0.2, -0.15) is 11.8 Å². The highest BCUT2D eigenvalue weighted by Crippen LogP contribution is 2.29. The average molecular weight is 234 g/mol. The van der Waals surface area contributed by atoms with Crippen LogP contribution in [0.2, 0.25) is 0 Å². The fourth-order valence-electron chi connectivity index (χ4n) is 2.74. The van der Waals surface area contributed by atoms with Gasteiger partial charge in [0.15, 0.2) is 0 Å². The molecule has 3 heteroatoms. The Morgan fingerprint density at radius 3 is 2.93 bits per heavy atom. The quantitative estimate of drug-likeness (QED) is 0.675. The largest absolute Gasteiger partial charge is 0.299 e. The monoisotopic (exact) mass is 233 g/mol. The van der Waals surface area contributed by atoms with Crippen molar-refractivity contribution in [2.45, 2.75) is 25.8 Å². The molecule has 2 aliphatic rings. The molecule has 14 heavy (non-hydrogen) atoms. The van der Waals surface area contributed by atoms with Crippen molar-refractivity contribution in [1.82, 2.24) is 4.90 Å². The fourth-order valence-corrected chi connectivity index (χ4v) is 4.22. The number of alkyl halides is 1. The Hall–Kier alpha value is 0.600. The molecule has 2 saturated heterocycles. The van der Waals surface area contributed by atoms with Gasteiger partial charge in [-0.25, -0.2) is 0 Å². The Kier molecular flexibility index (Phi) is 4.03. The van der Waals surface area contributed by atoms with E-state index in [9.17, 15) is 0 Å². The van der Waals surface area contributed by atoms with E-state index in [0.29, 0.717) is 0 Å². The molecule has 1 nitrogen and oxygen atoms in total. The van der Waals surface area contributed by atoms with Crippen LogP contribution in [0.25, 0.3) is 0 Å². The van der Waals surface area contributed by atoms with Gasteiger partial charge in [0.05, 0.1) is 0 Å². The lowest BCUT2D eigenvalue weighted by molar-refractivity contribution is 0.107. The Labute approximate surface area is 96.6 Å². The van der Waals surface area contributed by atoms with Gasteiger partial charge in [0.25, 0.3) is 0 Å². The van der Waals surface area contributed by atoms with Crippen molar-refractivity contribution in [1.29, 1.82) is 0 Å². The molecular formula is C11H20ClNS. The zero-order valence-corrected chi connectivity index (χ0v) is 10.5. The second-order valence-electron chi connectivity index (χ2n) is 4.83. The maximum atomic E-state index is 5.99. The summed E-state index contributed by atoms with van der Waals surface area (Å²) in [5.74, 6) is 5.15. The van der Waals surface area contributed by atoms with Crippen LogP contribution in [0.4, 0.5) is 0 Å². The molecule has 82 valence electrons. The Balaban J connectivity index is 1.90. The zero-order chi connectivity index (χ0) is 9.97. The van der Waals surface area contributed by atoms with Gasteiger partial charge in [0.1, 0.15) is 0 Å². The van der Waals surface area contributed by atoms with Crippen LogP contribution >= 0.6 is 23.4 Å². The summed E-state index contributed by atoms with van der Waals surface area (Å²) in [7, 11) is 0. The summed E-state index contributed by atoms with van der Waals surface area (Å²) in [5.41, 5.74) is 0.